The predicted molar refractivity (Wildman–Crippen MR) is 81.0 cm³/mol. The van der Waals surface area contributed by atoms with Crippen LogP contribution in [0.3, 0.4) is 0 Å². The summed E-state index contributed by atoms with van der Waals surface area (Å²) in [6.07, 6.45) is 1.69. The summed E-state index contributed by atoms with van der Waals surface area (Å²) in [7, 11) is 0. The Morgan fingerprint density at radius 1 is 1.16 bits per heavy atom. The van der Waals surface area contributed by atoms with Crippen LogP contribution >= 0.6 is 12.6 Å². The number of carboxylic acid groups (broad SMARTS) is 1. The first-order chi connectivity index (χ1) is 9.15. The number of nitrogens with one attached hydrogen (secondary N) is 1. The standard InChI is InChI=1S/C10H12N2O3.C2H6.CH4S/c11-5-6-12-9(13)7-1-3-8(4-2-7)10(14)15;2*1-2/h1-4H,5-6,11H2,(H,12,13)(H,14,15);1-2H3;2H,1H3. The summed E-state index contributed by atoms with van der Waals surface area (Å²) in [5.41, 5.74) is 5.81. The van der Waals surface area contributed by atoms with Gasteiger partial charge in [-0.1, -0.05) is 13.8 Å². The molecule has 0 radical (unpaired) electrons. The zero-order valence-corrected chi connectivity index (χ0v) is 12.4. The van der Waals surface area contributed by atoms with Crippen molar-refractivity contribution in [1.29, 1.82) is 0 Å². The van der Waals surface area contributed by atoms with Gasteiger partial charge in [0.2, 0.25) is 0 Å². The number of carboxylic acids is 1. The van der Waals surface area contributed by atoms with Gasteiger partial charge in [0, 0.05) is 18.7 Å². The lowest BCUT2D eigenvalue weighted by molar-refractivity contribution is 0.0696. The van der Waals surface area contributed by atoms with Gasteiger partial charge in [0.05, 0.1) is 5.56 Å². The topological polar surface area (TPSA) is 92.4 Å². The van der Waals surface area contributed by atoms with Crippen molar-refractivity contribution in [1.82, 2.24) is 5.32 Å². The highest BCUT2D eigenvalue weighted by molar-refractivity contribution is 7.79. The summed E-state index contributed by atoms with van der Waals surface area (Å²) < 4.78 is 0. The van der Waals surface area contributed by atoms with Crippen LogP contribution in [0.15, 0.2) is 24.3 Å². The number of thiol groups is 1. The second-order valence-corrected chi connectivity index (χ2v) is 2.93. The van der Waals surface area contributed by atoms with Crippen LogP contribution in [-0.2, 0) is 0 Å². The Bertz CT molecular complexity index is 367. The minimum Gasteiger partial charge on any atom is -0.478 e. The molecule has 0 aliphatic rings. The molecular formula is C13H22N2O3S. The minimum absolute atomic E-state index is 0.158. The van der Waals surface area contributed by atoms with Crippen LogP contribution in [0.4, 0.5) is 0 Å². The summed E-state index contributed by atoms with van der Waals surface area (Å²) >= 11 is 3.53. The second kappa shape index (κ2) is 12.9. The van der Waals surface area contributed by atoms with Gasteiger partial charge in [-0.15, -0.1) is 0 Å². The first-order valence-corrected chi connectivity index (χ1v) is 6.81. The van der Waals surface area contributed by atoms with Crippen LogP contribution in [0.2, 0.25) is 0 Å². The molecule has 0 unspecified atom stereocenters. The van der Waals surface area contributed by atoms with Crippen molar-refractivity contribution in [3.63, 3.8) is 0 Å². The Hall–Kier alpha value is -1.53. The van der Waals surface area contributed by atoms with Crippen LogP contribution in [-0.4, -0.2) is 36.3 Å². The van der Waals surface area contributed by atoms with Crippen LogP contribution in [0.25, 0.3) is 0 Å². The molecule has 0 aliphatic carbocycles. The van der Waals surface area contributed by atoms with Gasteiger partial charge in [-0.05, 0) is 30.5 Å². The first-order valence-electron chi connectivity index (χ1n) is 5.91. The molecule has 0 saturated carbocycles. The first kappa shape index (κ1) is 19.8. The molecule has 5 nitrogen and oxygen atoms in total. The van der Waals surface area contributed by atoms with Crippen molar-refractivity contribution >= 4 is 24.5 Å². The van der Waals surface area contributed by atoms with Crippen molar-refractivity contribution in [3.8, 4) is 0 Å². The van der Waals surface area contributed by atoms with Gasteiger partial charge in [0.25, 0.3) is 5.91 Å². The molecule has 0 spiro atoms. The van der Waals surface area contributed by atoms with Crippen molar-refractivity contribution in [2.75, 3.05) is 19.3 Å². The highest BCUT2D eigenvalue weighted by atomic mass is 32.1. The molecule has 0 heterocycles. The van der Waals surface area contributed by atoms with Gasteiger partial charge in [0.1, 0.15) is 0 Å². The smallest absolute Gasteiger partial charge is 0.335 e. The number of aromatic carboxylic acids is 1. The van der Waals surface area contributed by atoms with Crippen LogP contribution in [0.5, 0.6) is 0 Å². The number of benzene rings is 1. The van der Waals surface area contributed by atoms with Crippen molar-refractivity contribution in [2.24, 2.45) is 5.73 Å². The fraction of sp³-hybridized carbons (Fsp3) is 0.385. The van der Waals surface area contributed by atoms with Crippen LogP contribution in [0, 0.1) is 0 Å². The quantitative estimate of drug-likeness (QED) is 0.633. The van der Waals surface area contributed by atoms with Crippen molar-refractivity contribution in [3.05, 3.63) is 35.4 Å². The maximum Gasteiger partial charge on any atom is 0.335 e. The molecule has 19 heavy (non-hydrogen) atoms. The molecule has 0 fully saturated rings. The number of hydrogen-bond acceptors (Lipinski definition) is 4. The third kappa shape index (κ3) is 8.23. The van der Waals surface area contributed by atoms with E-state index in [0.717, 1.165) is 0 Å². The zero-order valence-electron chi connectivity index (χ0n) is 11.5. The fourth-order valence-electron chi connectivity index (χ4n) is 1.05. The Kier molecular flexibility index (Phi) is 13.5. The molecule has 1 aromatic carbocycles. The van der Waals surface area contributed by atoms with Crippen LogP contribution in [0.1, 0.15) is 34.6 Å². The van der Waals surface area contributed by atoms with Gasteiger partial charge < -0.3 is 16.2 Å². The normalized spacial score (nSPS) is 8.26. The van der Waals surface area contributed by atoms with Gasteiger partial charge in [-0.3, -0.25) is 4.79 Å². The van der Waals surface area contributed by atoms with Crippen LogP contribution < -0.4 is 11.1 Å². The molecule has 0 atom stereocenters. The van der Waals surface area contributed by atoms with Crippen molar-refractivity contribution < 1.29 is 14.7 Å². The Morgan fingerprint density at radius 2 is 1.58 bits per heavy atom. The lowest BCUT2D eigenvalue weighted by atomic mass is 10.1. The van der Waals surface area contributed by atoms with Gasteiger partial charge in [0.15, 0.2) is 0 Å². The lowest BCUT2D eigenvalue weighted by Crippen LogP contribution is -2.28. The fourth-order valence-corrected chi connectivity index (χ4v) is 1.05. The molecule has 4 N–H and O–H groups in total. The van der Waals surface area contributed by atoms with E-state index < -0.39 is 5.97 Å². The molecule has 6 heteroatoms. The molecular weight excluding hydrogens is 264 g/mol. The van der Waals surface area contributed by atoms with Gasteiger partial charge in [-0.2, -0.15) is 12.6 Å². The van der Waals surface area contributed by atoms with E-state index in [0.29, 0.717) is 18.7 Å². The molecule has 0 saturated heterocycles. The molecule has 1 rings (SSSR count). The minimum atomic E-state index is -1.01. The van der Waals surface area contributed by atoms with Gasteiger partial charge in [-0.25, -0.2) is 4.79 Å². The third-order valence-corrected chi connectivity index (χ3v) is 1.82. The van der Waals surface area contributed by atoms with Gasteiger partial charge >= 0.3 is 5.97 Å². The van der Waals surface area contributed by atoms with Crippen molar-refractivity contribution in [2.45, 2.75) is 13.8 Å². The molecule has 0 aromatic heterocycles. The average Bonchev–Trinajstić information content (AvgIpc) is 2.49. The summed E-state index contributed by atoms with van der Waals surface area (Å²) in [4.78, 5) is 21.9. The largest absolute Gasteiger partial charge is 0.478 e. The summed E-state index contributed by atoms with van der Waals surface area (Å²) in [6.45, 7) is 4.78. The van der Waals surface area contributed by atoms with E-state index in [1.165, 1.54) is 24.3 Å². The SMILES string of the molecule is CC.CS.NCCNC(=O)c1ccc(C(=O)O)cc1. The zero-order chi connectivity index (χ0) is 15.3. The number of nitrogens with two attached hydrogens (primary N) is 1. The highest BCUT2D eigenvalue weighted by Crippen LogP contribution is 2.04. The van der Waals surface area contributed by atoms with E-state index in [-0.39, 0.29) is 11.5 Å². The molecule has 0 aliphatic heterocycles. The Labute approximate surface area is 119 Å². The number of amides is 1. The number of hydrogen-bond donors (Lipinski definition) is 4. The molecule has 0 bridgehead atoms. The number of rotatable bonds is 4. The van der Waals surface area contributed by atoms with E-state index in [4.69, 9.17) is 10.8 Å². The lowest BCUT2D eigenvalue weighted by Gasteiger charge is -2.03. The molecule has 1 amide bonds. The summed E-state index contributed by atoms with van der Waals surface area (Å²) in [5.74, 6) is -1.26. The number of carbonyl (C=O) groups excluding carboxylic acids is 1. The van der Waals surface area contributed by atoms with E-state index in [1.54, 1.807) is 6.26 Å². The second-order valence-electron chi connectivity index (χ2n) is 2.93. The Balaban J connectivity index is 0. The van der Waals surface area contributed by atoms with E-state index in [2.05, 4.69) is 17.9 Å². The van der Waals surface area contributed by atoms with E-state index >= 15 is 0 Å². The maximum atomic E-state index is 11.4. The third-order valence-electron chi connectivity index (χ3n) is 1.82. The number of carbonyl (C=O) groups is 2. The molecule has 108 valence electrons. The van der Waals surface area contributed by atoms with E-state index in [1.807, 2.05) is 13.8 Å². The monoisotopic (exact) mass is 286 g/mol. The maximum absolute atomic E-state index is 11.4. The van der Waals surface area contributed by atoms with E-state index in [9.17, 15) is 9.59 Å². The highest BCUT2D eigenvalue weighted by Gasteiger charge is 2.06. The predicted octanol–water partition coefficient (Wildman–Crippen LogP) is 1.65. The summed E-state index contributed by atoms with van der Waals surface area (Å²) in [5, 5.41) is 11.2. The molecule has 1 aromatic rings. The Morgan fingerprint density at radius 3 is 1.95 bits per heavy atom. The summed E-state index contributed by atoms with van der Waals surface area (Å²) in [6, 6.07) is 5.71. The average molecular weight is 286 g/mol.